The fraction of sp³-hybridized carbons (Fsp3) is 0. The van der Waals surface area contributed by atoms with E-state index in [4.69, 9.17) is 24.9 Å². The van der Waals surface area contributed by atoms with Crippen LogP contribution >= 0.6 is 11.3 Å². The van der Waals surface area contributed by atoms with E-state index in [1.165, 1.54) is 16.7 Å². The van der Waals surface area contributed by atoms with Gasteiger partial charge in [-0.25, -0.2) is 24.9 Å². The van der Waals surface area contributed by atoms with E-state index in [-0.39, 0.29) is 0 Å². The summed E-state index contributed by atoms with van der Waals surface area (Å²) in [6.07, 6.45) is 3.61. The van der Waals surface area contributed by atoms with Crippen molar-refractivity contribution in [2.75, 3.05) is 0 Å². The second-order valence-electron chi connectivity index (χ2n) is 13.4. The van der Waals surface area contributed by atoms with Crippen LogP contribution in [0.5, 0.6) is 0 Å². The highest BCUT2D eigenvalue weighted by atomic mass is 32.1. The van der Waals surface area contributed by atoms with Gasteiger partial charge in [0.05, 0.1) is 27.3 Å². The molecule has 10 aromatic rings. The van der Waals surface area contributed by atoms with E-state index in [1.807, 2.05) is 36.5 Å². The van der Waals surface area contributed by atoms with Gasteiger partial charge in [-0.05, 0) is 46.0 Å². The Morgan fingerprint density at radius 1 is 0.364 bits per heavy atom. The number of thiophene rings is 1. The Balaban J connectivity index is 0.990. The molecule has 0 atom stereocenters. The zero-order valence-corrected chi connectivity index (χ0v) is 30.4. The van der Waals surface area contributed by atoms with Gasteiger partial charge in [0.1, 0.15) is 11.2 Å². The third-order valence-electron chi connectivity index (χ3n) is 9.91. The topological polar surface area (TPSA) is 64.5 Å². The van der Waals surface area contributed by atoms with Gasteiger partial charge >= 0.3 is 0 Å². The molecule has 6 heteroatoms. The van der Waals surface area contributed by atoms with Crippen molar-refractivity contribution >= 4 is 31.8 Å². The maximum atomic E-state index is 5.05. The molecule has 4 heterocycles. The molecule has 0 radical (unpaired) electrons. The number of hydrogen-bond donors (Lipinski definition) is 0. The summed E-state index contributed by atoms with van der Waals surface area (Å²) in [7, 11) is 0. The third kappa shape index (κ3) is 6.35. The monoisotopic (exact) mass is 721 g/mol. The minimum atomic E-state index is 0.691. The van der Waals surface area contributed by atoms with E-state index < -0.39 is 0 Å². The fourth-order valence-corrected chi connectivity index (χ4v) is 8.15. The van der Waals surface area contributed by atoms with Crippen LogP contribution in [0.1, 0.15) is 0 Å². The first-order valence-corrected chi connectivity index (χ1v) is 19.0. The molecule has 4 aromatic heterocycles. The Kier molecular flexibility index (Phi) is 8.28. The minimum absolute atomic E-state index is 0.691. The van der Waals surface area contributed by atoms with Gasteiger partial charge in [0.25, 0.3) is 0 Å². The van der Waals surface area contributed by atoms with E-state index in [2.05, 4.69) is 146 Å². The first-order chi connectivity index (χ1) is 27.2. The molecule has 0 unspecified atom stereocenters. The Morgan fingerprint density at radius 2 is 0.873 bits per heavy atom. The molecule has 0 aliphatic carbocycles. The standard InChI is InChI=1S/C49H31N5S/c1-4-11-32(12-5-1)34-19-23-36(24-20-34)43-29-44(54-48(53-43)38-15-8-3-9-16-38)37-25-21-35(22-26-37)41-28-42-46-47(55-49(42)50-30-41)45(51-31-52-46)40-18-10-17-39(27-40)33-13-6-2-7-14-33/h1-31H. The van der Waals surface area contributed by atoms with Crippen molar-refractivity contribution in [1.82, 2.24) is 24.9 Å². The van der Waals surface area contributed by atoms with Crippen molar-refractivity contribution in [1.29, 1.82) is 0 Å². The van der Waals surface area contributed by atoms with Crippen LogP contribution in [0.3, 0.4) is 0 Å². The number of aromatic nitrogens is 5. The van der Waals surface area contributed by atoms with Gasteiger partial charge in [0.15, 0.2) is 5.82 Å². The summed E-state index contributed by atoms with van der Waals surface area (Å²) >= 11 is 1.64. The molecule has 0 saturated carbocycles. The lowest BCUT2D eigenvalue weighted by Crippen LogP contribution is -1.96. The second-order valence-corrected chi connectivity index (χ2v) is 14.4. The average molecular weight is 722 g/mol. The van der Waals surface area contributed by atoms with Crippen molar-refractivity contribution in [3.05, 3.63) is 188 Å². The van der Waals surface area contributed by atoms with Crippen molar-refractivity contribution in [3.63, 3.8) is 0 Å². The maximum Gasteiger partial charge on any atom is 0.160 e. The zero-order valence-electron chi connectivity index (χ0n) is 29.5. The lowest BCUT2D eigenvalue weighted by molar-refractivity contribution is 1.18. The highest BCUT2D eigenvalue weighted by molar-refractivity contribution is 7.25. The van der Waals surface area contributed by atoms with Gasteiger partial charge < -0.3 is 0 Å². The van der Waals surface area contributed by atoms with Crippen LogP contribution in [0, 0.1) is 0 Å². The van der Waals surface area contributed by atoms with Crippen LogP contribution in [0.25, 0.3) is 99.0 Å². The average Bonchev–Trinajstić information content (AvgIpc) is 3.66. The second kappa shape index (κ2) is 14.0. The highest BCUT2D eigenvalue weighted by Gasteiger charge is 2.16. The molecular weight excluding hydrogens is 691 g/mol. The normalized spacial score (nSPS) is 11.3. The SMILES string of the molecule is c1ccc(-c2ccc(-c3cc(-c4ccc(-c5cnc6sc7c(-c8cccc(-c9ccccc9)c8)ncnc7c6c5)cc4)nc(-c4ccccc4)n3)cc2)cc1. The van der Waals surface area contributed by atoms with Crippen molar-refractivity contribution in [3.8, 4) is 78.5 Å². The summed E-state index contributed by atoms with van der Waals surface area (Å²) in [6, 6.07) is 60.9. The number of nitrogens with zero attached hydrogens (tertiary/aromatic N) is 5. The van der Waals surface area contributed by atoms with Crippen LogP contribution in [0.4, 0.5) is 0 Å². The molecule has 10 rings (SSSR count). The van der Waals surface area contributed by atoms with Crippen molar-refractivity contribution in [2.24, 2.45) is 0 Å². The van der Waals surface area contributed by atoms with E-state index >= 15 is 0 Å². The van der Waals surface area contributed by atoms with Crippen LogP contribution in [0.15, 0.2) is 188 Å². The molecule has 0 aliphatic heterocycles. The van der Waals surface area contributed by atoms with E-state index in [9.17, 15) is 0 Å². The van der Waals surface area contributed by atoms with Gasteiger partial charge in [0, 0.05) is 39.4 Å². The first kappa shape index (κ1) is 32.5. The largest absolute Gasteiger partial charge is 0.245 e. The van der Waals surface area contributed by atoms with Crippen molar-refractivity contribution < 1.29 is 0 Å². The molecule has 55 heavy (non-hydrogen) atoms. The number of benzene rings is 6. The molecule has 0 fully saturated rings. The summed E-state index contributed by atoms with van der Waals surface area (Å²) in [4.78, 5) is 25.5. The smallest absolute Gasteiger partial charge is 0.160 e. The molecule has 0 aliphatic rings. The summed E-state index contributed by atoms with van der Waals surface area (Å²) < 4.78 is 1.03. The predicted octanol–water partition coefficient (Wildman–Crippen LogP) is 12.7. The molecule has 6 aromatic carbocycles. The number of pyridine rings is 1. The highest BCUT2D eigenvalue weighted by Crippen LogP contribution is 2.39. The lowest BCUT2D eigenvalue weighted by Gasteiger charge is -2.11. The lowest BCUT2D eigenvalue weighted by atomic mass is 10.0. The Morgan fingerprint density at radius 3 is 1.51 bits per heavy atom. The molecule has 0 amide bonds. The number of rotatable bonds is 7. The number of fused-ring (bicyclic) bond motifs is 3. The van der Waals surface area contributed by atoms with Crippen molar-refractivity contribution in [2.45, 2.75) is 0 Å². The third-order valence-corrected chi connectivity index (χ3v) is 11.0. The minimum Gasteiger partial charge on any atom is -0.245 e. The van der Waals surface area contributed by atoms with Crippen LogP contribution in [-0.2, 0) is 0 Å². The molecule has 258 valence electrons. The fourth-order valence-electron chi connectivity index (χ4n) is 7.06. The zero-order chi connectivity index (χ0) is 36.6. The summed E-state index contributed by atoms with van der Waals surface area (Å²) in [6.45, 7) is 0. The summed E-state index contributed by atoms with van der Waals surface area (Å²) in [5.41, 5.74) is 14.4. The Hall–Kier alpha value is -7.15. The molecule has 0 bridgehead atoms. The molecule has 5 nitrogen and oxygen atoms in total. The van der Waals surface area contributed by atoms with E-state index in [0.29, 0.717) is 5.82 Å². The molecule has 0 spiro atoms. The summed E-state index contributed by atoms with van der Waals surface area (Å²) in [5, 5.41) is 1.02. The quantitative estimate of drug-likeness (QED) is 0.164. The number of hydrogen-bond acceptors (Lipinski definition) is 6. The van der Waals surface area contributed by atoms with Gasteiger partial charge in [-0.2, -0.15) is 0 Å². The van der Waals surface area contributed by atoms with Crippen LogP contribution in [-0.4, -0.2) is 24.9 Å². The molecular formula is C49H31N5S. The Bertz CT molecular complexity index is 2940. The Labute approximate surface area is 322 Å². The van der Waals surface area contributed by atoms with E-state index in [1.54, 1.807) is 17.7 Å². The van der Waals surface area contributed by atoms with Crippen LogP contribution < -0.4 is 0 Å². The van der Waals surface area contributed by atoms with Gasteiger partial charge in [-0.3, -0.25) is 0 Å². The van der Waals surface area contributed by atoms with Gasteiger partial charge in [0.2, 0.25) is 0 Å². The first-order valence-electron chi connectivity index (χ1n) is 18.1. The van der Waals surface area contributed by atoms with E-state index in [0.717, 1.165) is 76.5 Å². The van der Waals surface area contributed by atoms with Crippen LogP contribution in [0.2, 0.25) is 0 Å². The maximum absolute atomic E-state index is 5.05. The van der Waals surface area contributed by atoms with Gasteiger partial charge in [-0.1, -0.05) is 158 Å². The molecule has 0 saturated heterocycles. The molecule has 0 N–H and O–H groups in total. The predicted molar refractivity (Wildman–Crippen MR) is 226 cm³/mol. The summed E-state index contributed by atoms with van der Waals surface area (Å²) in [5.74, 6) is 0.691. The van der Waals surface area contributed by atoms with Gasteiger partial charge in [-0.15, -0.1) is 11.3 Å².